The molecule has 0 atom stereocenters. The summed E-state index contributed by atoms with van der Waals surface area (Å²) in [6.45, 7) is 6.64. The number of benzene rings is 1. The first-order chi connectivity index (χ1) is 12.3. The molecule has 0 saturated heterocycles. The van der Waals surface area contributed by atoms with Gasteiger partial charge in [-0.15, -0.1) is 0 Å². The summed E-state index contributed by atoms with van der Waals surface area (Å²) in [5.74, 6) is -2.15. The number of ether oxygens (including phenoxy) is 2. The summed E-state index contributed by atoms with van der Waals surface area (Å²) in [7, 11) is 0. The standard InChI is InChI=1S/C19H26BrNO5/c1-5-25-17(23)19(21-14(4)22,18(24)26-6-2)12-16-11-13(3)7-8-15(16)9-10-20/h7-8,11H,5-6,9-10,12H2,1-4H3,(H,21,22). The van der Waals surface area contributed by atoms with Gasteiger partial charge in [-0.2, -0.15) is 0 Å². The Bertz CT molecular complexity index is 641. The van der Waals surface area contributed by atoms with Crippen LogP contribution in [0.5, 0.6) is 0 Å². The molecule has 0 aliphatic rings. The van der Waals surface area contributed by atoms with Crippen molar-refractivity contribution in [2.75, 3.05) is 18.5 Å². The highest BCUT2D eigenvalue weighted by Crippen LogP contribution is 2.23. The Kier molecular flexibility index (Phi) is 8.78. The van der Waals surface area contributed by atoms with Crippen LogP contribution in [0.4, 0.5) is 0 Å². The smallest absolute Gasteiger partial charge is 0.344 e. The van der Waals surface area contributed by atoms with Gasteiger partial charge in [0.2, 0.25) is 11.4 Å². The van der Waals surface area contributed by atoms with Gasteiger partial charge in [-0.1, -0.05) is 39.7 Å². The van der Waals surface area contributed by atoms with Crippen LogP contribution in [0, 0.1) is 6.92 Å². The highest BCUT2D eigenvalue weighted by molar-refractivity contribution is 9.09. The zero-order chi connectivity index (χ0) is 19.7. The molecule has 0 fully saturated rings. The van der Waals surface area contributed by atoms with Crippen molar-refractivity contribution in [3.63, 3.8) is 0 Å². The molecule has 6 nitrogen and oxygen atoms in total. The molecule has 1 N–H and O–H groups in total. The first-order valence-electron chi connectivity index (χ1n) is 8.58. The number of amides is 1. The monoisotopic (exact) mass is 427 g/mol. The lowest BCUT2D eigenvalue weighted by Gasteiger charge is -2.30. The largest absolute Gasteiger partial charge is 0.464 e. The van der Waals surface area contributed by atoms with Crippen molar-refractivity contribution < 1.29 is 23.9 Å². The molecule has 0 aliphatic carbocycles. The van der Waals surface area contributed by atoms with Crippen LogP contribution >= 0.6 is 15.9 Å². The van der Waals surface area contributed by atoms with Crippen LogP contribution in [-0.2, 0) is 36.7 Å². The Hall–Kier alpha value is -1.89. The van der Waals surface area contributed by atoms with Gasteiger partial charge in [0.05, 0.1) is 13.2 Å². The van der Waals surface area contributed by atoms with Crippen molar-refractivity contribution >= 4 is 33.8 Å². The van der Waals surface area contributed by atoms with E-state index >= 15 is 0 Å². The van der Waals surface area contributed by atoms with Crippen LogP contribution in [0.3, 0.4) is 0 Å². The van der Waals surface area contributed by atoms with Crippen molar-refractivity contribution in [3.8, 4) is 0 Å². The Morgan fingerprint density at radius 1 is 1.08 bits per heavy atom. The molecule has 0 bridgehead atoms. The second kappa shape index (κ2) is 10.3. The third kappa shape index (κ3) is 5.56. The van der Waals surface area contributed by atoms with Gasteiger partial charge in [0.15, 0.2) is 0 Å². The molecule has 0 aromatic heterocycles. The Labute approximate surface area is 162 Å². The molecule has 26 heavy (non-hydrogen) atoms. The van der Waals surface area contributed by atoms with E-state index in [0.29, 0.717) is 0 Å². The van der Waals surface area contributed by atoms with Crippen LogP contribution in [-0.4, -0.2) is 41.9 Å². The van der Waals surface area contributed by atoms with Crippen LogP contribution in [0.15, 0.2) is 18.2 Å². The molecule has 7 heteroatoms. The summed E-state index contributed by atoms with van der Waals surface area (Å²) in [6, 6.07) is 5.84. The molecular weight excluding hydrogens is 402 g/mol. The van der Waals surface area contributed by atoms with Crippen molar-refractivity contribution in [1.29, 1.82) is 0 Å². The lowest BCUT2D eigenvalue weighted by atomic mass is 9.87. The fourth-order valence-electron chi connectivity index (χ4n) is 2.73. The van der Waals surface area contributed by atoms with Crippen molar-refractivity contribution in [1.82, 2.24) is 5.32 Å². The first kappa shape index (κ1) is 22.2. The number of nitrogens with one attached hydrogen (secondary N) is 1. The number of rotatable bonds is 9. The maximum atomic E-state index is 12.7. The van der Waals surface area contributed by atoms with Crippen molar-refractivity contribution in [2.24, 2.45) is 0 Å². The summed E-state index contributed by atoms with van der Waals surface area (Å²) in [5, 5.41) is 3.23. The van der Waals surface area contributed by atoms with Crippen LogP contribution < -0.4 is 5.32 Å². The fraction of sp³-hybridized carbons (Fsp3) is 0.526. The van der Waals surface area contributed by atoms with Gasteiger partial charge >= 0.3 is 11.9 Å². The molecule has 0 radical (unpaired) electrons. The second-order valence-electron chi connectivity index (χ2n) is 5.92. The number of hydrogen-bond donors (Lipinski definition) is 1. The van der Waals surface area contributed by atoms with Gasteiger partial charge < -0.3 is 14.8 Å². The van der Waals surface area contributed by atoms with E-state index in [1.165, 1.54) is 6.92 Å². The average Bonchev–Trinajstić information content (AvgIpc) is 2.56. The molecule has 0 unspecified atom stereocenters. The Morgan fingerprint density at radius 3 is 2.12 bits per heavy atom. The highest BCUT2D eigenvalue weighted by Gasteiger charge is 2.50. The summed E-state index contributed by atoms with van der Waals surface area (Å²) >= 11 is 3.41. The van der Waals surface area contributed by atoms with E-state index in [0.717, 1.165) is 28.4 Å². The molecule has 0 saturated carbocycles. The predicted octanol–water partition coefficient (Wildman–Crippen LogP) is 2.48. The Morgan fingerprint density at radius 2 is 1.65 bits per heavy atom. The summed E-state index contributed by atoms with van der Waals surface area (Å²) in [5.41, 5.74) is 0.852. The van der Waals surface area contributed by atoms with E-state index in [1.807, 2.05) is 25.1 Å². The topological polar surface area (TPSA) is 81.7 Å². The van der Waals surface area contributed by atoms with Crippen LogP contribution in [0.1, 0.15) is 37.5 Å². The number of carbonyl (C=O) groups is 3. The van der Waals surface area contributed by atoms with E-state index in [2.05, 4.69) is 21.2 Å². The van der Waals surface area contributed by atoms with Gasteiger partial charge in [-0.25, -0.2) is 9.59 Å². The fourth-order valence-corrected chi connectivity index (χ4v) is 3.16. The van der Waals surface area contributed by atoms with Crippen LogP contribution in [0.25, 0.3) is 0 Å². The van der Waals surface area contributed by atoms with Gasteiger partial charge in [0.1, 0.15) is 0 Å². The number of alkyl halides is 1. The molecule has 1 aromatic carbocycles. The minimum atomic E-state index is -1.91. The van der Waals surface area contributed by atoms with E-state index in [-0.39, 0.29) is 19.6 Å². The summed E-state index contributed by atoms with van der Waals surface area (Å²) in [4.78, 5) is 37.3. The number of aryl methyl sites for hydroxylation is 2. The van der Waals surface area contributed by atoms with Gasteiger partial charge in [-0.3, -0.25) is 4.79 Å². The van der Waals surface area contributed by atoms with Gasteiger partial charge in [-0.05, 0) is 38.3 Å². The molecule has 0 heterocycles. The third-order valence-electron chi connectivity index (χ3n) is 3.82. The average molecular weight is 428 g/mol. The van der Waals surface area contributed by atoms with E-state index < -0.39 is 23.4 Å². The molecular formula is C19H26BrNO5. The predicted molar refractivity (Wildman–Crippen MR) is 102 cm³/mol. The SMILES string of the molecule is CCOC(=O)C(Cc1cc(C)ccc1CCBr)(NC(C)=O)C(=O)OCC. The zero-order valence-electron chi connectivity index (χ0n) is 15.7. The van der Waals surface area contributed by atoms with Crippen LogP contribution in [0.2, 0.25) is 0 Å². The number of carbonyl (C=O) groups excluding carboxylic acids is 3. The lowest BCUT2D eigenvalue weighted by Crippen LogP contribution is -2.62. The van der Waals surface area contributed by atoms with E-state index in [4.69, 9.17) is 9.47 Å². The van der Waals surface area contributed by atoms with E-state index in [1.54, 1.807) is 13.8 Å². The molecule has 1 aromatic rings. The molecule has 144 valence electrons. The third-order valence-corrected chi connectivity index (χ3v) is 4.21. The second-order valence-corrected chi connectivity index (χ2v) is 6.71. The molecule has 1 rings (SSSR count). The van der Waals surface area contributed by atoms with Gasteiger partial charge in [0.25, 0.3) is 0 Å². The lowest BCUT2D eigenvalue weighted by molar-refractivity contribution is -0.168. The first-order valence-corrected chi connectivity index (χ1v) is 9.70. The van der Waals surface area contributed by atoms with E-state index in [9.17, 15) is 14.4 Å². The minimum absolute atomic E-state index is 0.0335. The van der Waals surface area contributed by atoms with Crippen molar-refractivity contribution in [2.45, 2.75) is 46.1 Å². The number of esters is 2. The summed E-state index contributed by atoms with van der Waals surface area (Å²) < 4.78 is 10.2. The normalized spacial score (nSPS) is 11.0. The quantitative estimate of drug-likeness (QED) is 0.371. The van der Waals surface area contributed by atoms with Gasteiger partial charge in [0, 0.05) is 18.7 Å². The van der Waals surface area contributed by atoms with Crippen molar-refractivity contribution in [3.05, 3.63) is 34.9 Å². The number of halogens is 1. The summed E-state index contributed by atoms with van der Waals surface area (Å²) in [6.07, 6.45) is 0.686. The zero-order valence-corrected chi connectivity index (χ0v) is 17.3. The number of hydrogen-bond acceptors (Lipinski definition) is 5. The molecule has 0 aliphatic heterocycles. The molecule has 0 spiro atoms. The Balaban J connectivity index is 3.47. The minimum Gasteiger partial charge on any atom is -0.464 e. The maximum absolute atomic E-state index is 12.7. The highest BCUT2D eigenvalue weighted by atomic mass is 79.9. The maximum Gasteiger partial charge on any atom is 0.344 e. The molecule has 1 amide bonds.